The SMILES string of the molecule is Cc1cccc(-c2nc3n(c2-c2ccc4nccnc4c2)CC[C@@]32CC=CCC2)n1. The van der Waals surface area contributed by atoms with Gasteiger partial charge in [-0.2, -0.15) is 0 Å². The monoisotopic (exact) mass is 393 g/mol. The molecule has 30 heavy (non-hydrogen) atoms. The van der Waals surface area contributed by atoms with E-state index < -0.39 is 0 Å². The second-order valence-electron chi connectivity index (χ2n) is 8.45. The summed E-state index contributed by atoms with van der Waals surface area (Å²) in [6.45, 7) is 3.03. The van der Waals surface area contributed by atoms with Crippen LogP contribution in [0.3, 0.4) is 0 Å². The van der Waals surface area contributed by atoms with Gasteiger partial charge in [-0.3, -0.25) is 15.0 Å². The van der Waals surface area contributed by atoms with Crippen LogP contribution in [0.4, 0.5) is 0 Å². The number of hydrogen-bond donors (Lipinski definition) is 0. The van der Waals surface area contributed by atoms with Crippen LogP contribution in [0.5, 0.6) is 0 Å². The highest BCUT2D eigenvalue weighted by atomic mass is 15.1. The molecule has 0 saturated carbocycles. The maximum Gasteiger partial charge on any atom is 0.116 e. The van der Waals surface area contributed by atoms with Crippen molar-refractivity contribution in [2.45, 2.75) is 44.6 Å². The molecule has 6 rings (SSSR count). The van der Waals surface area contributed by atoms with Crippen molar-refractivity contribution in [2.75, 3.05) is 0 Å². The van der Waals surface area contributed by atoms with E-state index >= 15 is 0 Å². The average molecular weight is 393 g/mol. The molecule has 1 atom stereocenters. The average Bonchev–Trinajstić information content (AvgIpc) is 3.33. The third kappa shape index (κ3) is 2.61. The van der Waals surface area contributed by atoms with Crippen LogP contribution in [0.2, 0.25) is 0 Å². The summed E-state index contributed by atoms with van der Waals surface area (Å²) in [5.74, 6) is 1.22. The molecule has 4 heterocycles. The van der Waals surface area contributed by atoms with Gasteiger partial charge in [-0.15, -0.1) is 0 Å². The van der Waals surface area contributed by atoms with Crippen LogP contribution in [0.25, 0.3) is 33.7 Å². The molecule has 1 aliphatic heterocycles. The first-order valence-electron chi connectivity index (χ1n) is 10.6. The van der Waals surface area contributed by atoms with E-state index in [9.17, 15) is 0 Å². The molecule has 0 fully saturated rings. The molecule has 3 aromatic heterocycles. The number of allylic oxidation sites excluding steroid dienone is 2. The minimum absolute atomic E-state index is 0.155. The lowest BCUT2D eigenvalue weighted by molar-refractivity contribution is 0.377. The Kier molecular flexibility index (Phi) is 3.85. The third-order valence-corrected chi connectivity index (χ3v) is 6.59. The molecule has 0 amide bonds. The summed E-state index contributed by atoms with van der Waals surface area (Å²) < 4.78 is 2.44. The molecule has 0 saturated heterocycles. The third-order valence-electron chi connectivity index (χ3n) is 6.59. The molecule has 1 spiro atoms. The highest BCUT2D eigenvalue weighted by Crippen LogP contribution is 2.48. The first-order valence-corrected chi connectivity index (χ1v) is 10.6. The van der Waals surface area contributed by atoms with E-state index in [-0.39, 0.29) is 5.41 Å². The van der Waals surface area contributed by atoms with Crippen molar-refractivity contribution >= 4 is 11.0 Å². The minimum atomic E-state index is 0.155. The summed E-state index contributed by atoms with van der Waals surface area (Å²) in [6.07, 6.45) is 12.7. The number of aryl methyl sites for hydroxylation is 1. The van der Waals surface area contributed by atoms with Crippen LogP contribution in [-0.4, -0.2) is 24.5 Å². The summed E-state index contributed by atoms with van der Waals surface area (Å²) in [5.41, 5.74) is 7.17. The van der Waals surface area contributed by atoms with Crippen LogP contribution >= 0.6 is 0 Å². The normalized spacial score (nSPS) is 20.2. The fraction of sp³-hybridized carbons (Fsp3) is 0.280. The van der Waals surface area contributed by atoms with E-state index in [0.717, 1.165) is 65.2 Å². The highest BCUT2D eigenvalue weighted by Gasteiger charge is 2.42. The van der Waals surface area contributed by atoms with Crippen LogP contribution in [0.15, 0.2) is 60.9 Å². The second-order valence-corrected chi connectivity index (χ2v) is 8.45. The largest absolute Gasteiger partial charge is 0.327 e. The predicted molar refractivity (Wildman–Crippen MR) is 118 cm³/mol. The van der Waals surface area contributed by atoms with E-state index in [1.54, 1.807) is 12.4 Å². The topological polar surface area (TPSA) is 56.5 Å². The summed E-state index contributed by atoms with van der Waals surface area (Å²) in [7, 11) is 0. The van der Waals surface area contributed by atoms with Crippen molar-refractivity contribution in [2.24, 2.45) is 0 Å². The molecular formula is C25H23N5. The summed E-state index contributed by atoms with van der Waals surface area (Å²) >= 11 is 0. The van der Waals surface area contributed by atoms with Gasteiger partial charge in [0.15, 0.2) is 0 Å². The summed E-state index contributed by atoms with van der Waals surface area (Å²) in [5, 5.41) is 0. The van der Waals surface area contributed by atoms with E-state index in [0.29, 0.717) is 0 Å². The van der Waals surface area contributed by atoms with E-state index in [1.165, 1.54) is 12.2 Å². The number of benzene rings is 1. The number of pyridine rings is 1. The molecule has 2 aliphatic rings. The zero-order valence-corrected chi connectivity index (χ0v) is 17.0. The summed E-state index contributed by atoms with van der Waals surface area (Å²) in [6, 6.07) is 12.5. The Balaban J connectivity index is 1.61. The van der Waals surface area contributed by atoms with Gasteiger partial charge in [0.25, 0.3) is 0 Å². The molecule has 1 aliphatic carbocycles. The molecule has 5 nitrogen and oxygen atoms in total. The lowest BCUT2D eigenvalue weighted by atomic mass is 9.75. The molecule has 0 unspecified atom stereocenters. The quantitative estimate of drug-likeness (QED) is 0.437. The van der Waals surface area contributed by atoms with Crippen LogP contribution in [-0.2, 0) is 12.0 Å². The standard InChI is InChI=1S/C25H23N5/c1-17-6-5-7-20(28-17)22-23(18-8-9-19-21(16-18)27-14-13-26-19)30-15-12-25(24(30)29-22)10-3-2-4-11-25/h2-3,5-9,13-14,16H,4,10-12,15H2,1H3/t25-/m0/s1. The molecule has 0 N–H and O–H groups in total. The minimum Gasteiger partial charge on any atom is -0.327 e. The Bertz CT molecular complexity index is 1300. The maximum atomic E-state index is 5.27. The van der Waals surface area contributed by atoms with Gasteiger partial charge in [0.05, 0.1) is 22.4 Å². The molecule has 0 bridgehead atoms. The second kappa shape index (κ2) is 6.59. The van der Waals surface area contributed by atoms with Gasteiger partial charge in [0, 0.05) is 35.6 Å². The molecule has 148 valence electrons. The first-order chi connectivity index (χ1) is 14.7. The van der Waals surface area contributed by atoms with Gasteiger partial charge >= 0.3 is 0 Å². The van der Waals surface area contributed by atoms with Crippen molar-refractivity contribution in [3.05, 3.63) is 72.5 Å². The van der Waals surface area contributed by atoms with Crippen LogP contribution in [0.1, 0.15) is 37.2 Å². The Hall–Kier alpha value is -3.34. The predicted octanol–water partition coefficient (Wildman–Crippen LogP) is 5.25. The zero-order valence-electron chi connectivity index (χ0n) is 17.0. The van der Waals surface area contributed by atoms with Crippen LogP contribution < -0.4 is 0 Å². The van der Waals surface area contributed by atoms with Gasteiger partial charge in [0.1, 0.15) is 11.5 Å². The Labute approximate surface area is 175 Å². The lowest BCUT2D eigenvalue weighted by Gasteiger charge is -2.28. The fourth-order valence-electron chi connectivity index (χ4n) is 5.09. The number of fused-ring (bicyclic) bond motifs is 3. The van der Waals surface area contributed by atoms with Crippen LogP contribution in [0, 0.1) is 6.92 Å². The Morgan fingerprint density at radius 3 is 2.67 bits per heavy atom. The van der Waals surface area contributed by atoms with E-state index in [4.69, 9.17) is 9.97 Å². The van der Waals surface area contributed by atoms with E-state index in [2.05, 4.69) is 57.0 Å². The Morgan fingerprint density at radius 2 is 1.83 bits per heavy atom. The zero-order chi connectivity index (χ0) is 20.1. The van der Waals surface area contributed by atoms with Gasteiger partial charge < -0.3 is 4.57 Å². The fourth-order valence-corrected chi connectivity index (χ4v) is 5.09. The van der Waals surface area contributed by atoms with Gasteiger partial charge in [-0.05, 0) is 56.9 Å². The molecule has 0 radical (unpaired) electrons. The van der Waals surface area contributed by atoms with Crippen molar-refractivity contribution in [3.8, 4) is 22.6 Å². The van der Waals surface area contributed by atoms with E-state index in [1.807, 2.05) is 13.0 Å². The molecule has 4 aromatic rings. The summed E-state index contributed by atoms with van der Waals surface area (Å²) in [4.78, 5) is 19.0. The first kappa shape index (κ1) is 17.5. The smallest absolute Gasteiger partial charge is 0.116 e. The van der Waals surface area contributed by atoms with Crippen molar-refractivity contribution in [1.29, 1.82) is 0 Å². The number of hydrogen-bond acceptors (Lipinski definition) is 4. The number of rotatable bonds is 2. The molecular weight excluding hydrogens is 370 g/mol. The van der Waals surface area contributed by atoms with Gasteiger partial charge in [0.2, 0.25) is 0 Å². The number of imidazole rings is 1. The number of nitrogens with zero attached hydrogens (tertiary/aromatic N) is 5. The molecule has 1 aromatic carbocycles. The highest BCUT2D eigenvalue weighted by molar-refractivity contribution is 5.85. The van der Waals surface area contributed by atoms with Crippen molar-refractivity contribution in [1.82, 2.24) is 24.5 Å². The molecule has 5 heteroatoms. The maximum absolute atomic E-state index is 5.27. The Morgan fingerprint density at radius 1 is 0.933 bits per heavy atom. The van der Waals surface area contributed by atoms with Crippen molar-refractivity contribution < 1.29 is 0 Å². The lowest BCUT2D eigenvalue weighted by Crippen LogP contribution is -2.25. The van der Waals surface area contributed by atoms with Gasteiger partial charge in [-0.1, -0.05) is 24.3 Å². The number of aromatic nitrogens is 5. The van der Waals surface area contributed by atoms with Crippen molar-refractivity contribution in [3.63, 3.8) is 0 Å². The van der Waals surface area contributed by atoms with Gasteiger partial charge in [-0.25, -0.2) is 4.98 Å².